The molecule has 0 aromatic rings. The van der Waals surface area contributed by atoms with E-state index in [2.05, 4.69) is 27.7 Å². The maximum Gasteiger partial charge on any atom is 0.187 e. The number of aliphatic hydroxyl groups is 11. The summed E-state index contributed by atoms with van der Waals surface area (Å²) in [7, 11) is 1.74. The highest BCUT2D eigenvalue weighted by atomic mass is 16.7. The van der Waals surface area contributed by atoms with Gasteiger partial charge in [-0.3, -0.25) is 0 Å². The van der Waals surface area contributed by atoms with Crippen LogP contribution in [0.4, 0.5) is 0 Å². The van der Waals surface area contributed by atoms with Gasteiger partial charge in [0, 0.05) is 19.4 Å². The number of hydrogen-bond acceptors (Lipinski definition) is 19. The molecule has 11 N–H and O–H groups in total. The predicted octanol–water partition coefficient (Wildman–Crippen LogP) is -0.737. The second-order valence-corrected chi connectivity index (χ2v) is 22.0. The summed E-state index contributed by atoms with van der Waals surface area (Å²) in [6.45, 7) is 9.89. The molecule has 382 valence electrons. The third-order valence-electron chi connectivity index (χ3n) is 18.5. The number of fused-ring (bicyclic) bond motifs is 7. The monoisotopic (exact) mass is 949 g/mol. The molecule has 8 aliphatic rings. The lowest BCUT2D eigenvalue weighted by Crippen LogP contribution is -2.65. The molecule has 8 rings (SSSR count). The first kappa shape index (κ1) is 51.6. The van der Waals surface area contributed by atoms with Crippen molar-refractivity contribution in [2.24, 2.45) is 52.3 Å². The van der Waals surface area contributed by atoms with Crippen LogP contribution in [0.5, 0.6) is 0 Å². The summed E-state index contributed by atoms with van der Waals surface area (Å²) in [4.78, 5) is 0. The van der Waals surface area contributed by atoms with Crippen LogP contribution < -0.4 is 0 Å². The average molecular weight is 949 g/mol. The van der Waals surface area contributed by atoms with E-state index in [4.69, 9.17) is 37.9 Å². The summed E-state index contributed by atoms with van der Waals surface area (Å²) in [5, 5.41) is 116. The minimum atomic E-state index is -1.77. The van der Waals surface area contributed by atoms with Gasteiger partial charge in [0.05, 0.1) is 44.2 Å². The van der Waals surface area contributed by atoms with E-state index in [0.29, 0.717) is 56.0 Å². The highest BCUT2D eigenvalue weighted by molar-refractivity contribution is 5.16. The summed E-state index contributed by atoms with van der Waals surface area (Å²) in [5.41, 5.74) is -0.124. The average Bonchev–Trinajstić information content (AvgIpc) is 3.76. The number of rotatable bonds is 14. The molecule has 4 aliphatic heterocycles. The molecular formula is C47H80O19. The summed E-state index contributed by atoms with van der Waals surface area (Å²) in [6, 6.07) is 0. The highest BCUT2D eigenvalue weighted by Gasteiger charge is 2.69. The van der Waals surface area contributed by atoms with Gasteiger partial charge in [-0.25, -0.2) is 0 Å². The Morgan fingerprint density at radius 2 is 1.30 bits per heavy atom. The van der Waals surface area contributed by atoms with Crippen LogP contribution in [0.1, 0.15) is 98.8 Å². The molecular weight excluding hydrogens is 868 g/mol. The lowest BCUT2D eigenvalue weighted by molar-refractivity contribution is -0.366. The standard InChI is InChI=1S/C47H80O19/c1-7-27-33(51)35(53)38(56)42(61-27)60-19-20(2)10-13-47(59-6)21(3)32-29(66-47)15-25-23-9-8-22-14-28(26(50)16-46(22,5)24(23)11-12-45(25,32)4)62-43-40(58)37(55)41(31(18-49)64-43)65-44-39(57)36(54)34(52)30(17-48)63-44/h20-44,48-58H,7-19H2,1-6H3. The van der Waals surface area contributed by atoms with E-state index in [1.165, 1.54) is 0 Å². The largest absolute Gasteiger partial charge is 0.394 e. The first-order valence-electron chi connectivity index (χ1n) is 24.7. The van der Waals surface area contributed by atoms with Crippen molar-refractivity contribution in [2.75, 3.05) is 26.9 Å². The summed E-state index contributed by atoms with van der Waals surface area (Å²) in [6.07, 6.45) is -14.8. The Morgan fingerprint density at radius 1 is 0.682 bits per heavy atom. The van der Waals surface area contributed by atoms with E-state index < -0.39 is 123 Å². The van der Waals surface area contributed by atoms with Gasteiger partial charge in [-0.05, 0) is 104 Å². The zero-order chi connectivity index (χ0) is 47.8. The Morgan fingerprint density at radius 3 is 1.97 bits per heavy atom. The van der Waals surface area contributed by atoms with Gasteiger partial charge in [-0.2, -0.15) is 0 Å². The molecule has 0 aromatic heterocycles. The normalized spacial score (nSPS) is 55.4. The van der Waals surface area contributed by atoms with Gasteiger partial charge in [-0.1, -0.05) is 34.6 Å². The lowest BCUT2D eigenvalue weighted by Gasteiger charge is -2.62. The molecule has 0 bridgehead atoms. The molecule has 19 heteroatoms. The maximum absolute atomic E-state index is 11.8. The predicted molar refractivity (Wildman–Crippen MR) is 228 cm³/mol. The molecule has 0 radical (unpaired) electrons. The number of methoxy groups -OCH3 is 1. The smallest absolute Gasteiger partial charge is 0.187 e. The minimum Gasteiger partial charge on any atom is -0.394 e. The summed E-state index contributed by atoms with van der Waals surface area (Å²) >= 11 is 0. The maximum atomic E-state index is 11.8. The van der Waals surface area contributed by atoms with Crippen molar-refractivity contribution < 1.29 is 94.1 Å². The van der Waals surface area contributed by atoms with Gasteiger partial charge in [0.2, 0.25) is 0 Å². The Balaban J connectivity index is 0.862. The molecule has 4 saturated heterocycles. The molecule has 4 saturated carbocycles. The fourth-order valence-corrected chi connectivity index (χ4v) is 14.7. The second kappa shape index (κ2) is 20.0. The zero-order valence-electron chi connectivity index (χ0n) is 39.3. The van der Waals surface area contributed by atoms with E-state index in [0.717, 1.165) is 38.5 Å². The molecule has 0 spiro atoms. The van der Waals surface area contributed by atoms with Gasteiger partial charge in [-0.15, -0.1) is 0 Å². The number of ether oxygens (including phenoxy) is 8. The van der Waals surface area contributed by atoms with E-state index >= 15 is 0 Å². The first-order valence-corrected chi connectivity index (χ1v) is 24.7. The Bertz CT molecular complexity index is 1610. The summed E-state index contributed by atoms with van der Waals surface area (Å²) in [5.74, 6) is 1.27. The molecule has 4 heterocycles. The Hall–Kier alpha value is -0.760. The van der Waals surface area contributed by atoms with Crippen molar-refractivity contribution in [1.29, 1.82) is 0 Å². The molecule has 0 aromatic carbocycles. The van der Waals surface area contributed by atoms with Crippen molar-refractivity contribution in [1.82, 2.24) is 0 Å². The summed E-state index contributed by atoms with van der Waals surface area (Å²) < 4.78 is 48.5. The first-order chi connectivity index (χ1) is 31.3. The molecule has 4 aliphatic carbocycles. The van der Waals surface area contributed by atoms with Crippen molar-refractivity contribution in [3.63, 3.8) is 0 Å². The van der Waals surface area contributed by atoms with Crippen LogP contribution in [-0.2, 0) is 37.9 Å². The molecule has 28 unspecified atom stereocenters. The zero-order valence-corrected chi connectivity index (χ0v) is 39.3. The van der Waals surface area contributed by atoms with Gasteiger partial charge < -0.3 is 94.1 Å². The highest BCUT2D eigenvalue weighted by Crippen LogP contribution is 2.71. The van der Waals surface area contributed by atoms with Crippen molar-refractivity contribution >= 4 is 0 Å². The van der Waals surface area contributed by atoms with Crippen LogP contribution in [0.25, 0.3) is 0 Å². The van der Waals surface area contributed by atoms with Crippen molar-refractivity contribution in [3.05, 3.63) is 0 Å². The molecule has 8 fully saturated rings. The van der Waals surface area contributed by atoms with Crippen LogP contribution in [0, 0.1) is 52.3 Å². The van der Waals surface area contributed by atoms with E-state index in [-0.39, 0.29) is 34.7 Å². The van der Waals surface area contributed by atoms with Crippen LogP contribution in [0.3, 0.4) is 0 Å². The Labute approximate surface area is 387 Å². The topological polar surface area (TPSA) is 296 Å². The van der Waals surface area contributed by atoms with Crippen LogP contribution in [-0.4, -0.2) is 199 Å². The third-order valence-corrected chi connectivity index (χ3v) is 18.5. The van der Waals surface area contributed by atoms with Crippen molar-refractivity contribution in [3.8, 4) is 0 Å². The molecule has 28 atom stereocenters. The Kier molecular flexibility index (Phi) is 15.7. The SMILES string of the molecule is CCC1OC(OCC(C)CCC2(OC)OC3CC4C5CCC6CC(OC7OC(CO)C(OC8OC(CO)C(O)C(O)C8O)C(O)C7O)C(O)CC6(C)C5CCC4(C)C3C2C)C(O)C(O)C1O. The number of hydrogen-bond donors (Lipinski definition) is 11. The van der Waals surface area contributed by atoms with Gasteiger partial charge in [0.1, 0.15) is 67.1 Å². The van der Waals surface area contributed by atoms with Gasteiger partial charge in [0.15, 0.2) is 24.7 Å². The fraction of sp³-hybridized carbons (Fsp3) is 1.00. The van der Waals surface area contributed by atoms with Crippen LogP contribution >= 0.6 is 0 Å². The van der Waals surface area contributed by atoms with E-state index in [9.17, 15) is 56.2 Å². The molecule has 0 amide bonds. The fourth-order valence-electron chi connectivity index (χ4n) is 14.7. The van der Waals surface area contributed by atoms with Crippen molar-refractivity contribution in [2.45, 2.75) is 215 Å². The molecule has 66 heavy (non-hydrogen) atoms. The van der Waals surface area contributed by atoms with Gasteiger partial charge >= 0.3 is 0 Å². The second-order valence-electron chi connectivity index (χ2n) is 22.0. The lowest BCUT2D eigenvalue weighted by atomic mass is 9.44. The number of aliphatic hydroxyl groups excluding tert-OH is 11. The third kappa shape index (κ3) is 8.86. The van der Waals surface area contributed by atoms with Crippen LogP contribution in [0.15, 0.2) is 0 Å². The van der Waals surface area contributed by atoms with E-state index in [1.54, 1.807) is 7.11 Å². The van der Waals surface area contributed by atoms with E-state index in [1.807, 2.05) is 6.92 Å². The minimum absolute atomic E-state index is 0.0426. The van der Waals surface area contributed by atoms with Gasteiger partial charge in [0.25, 0.3) is 0 Å². The molecule has 19 nitrogen and oxygen atoms in total. The quantitative estimate of drug-likeness (QED) is 0.0957. The van der Waals surface area contributed by atoms with Crippen LogP contribution in [0.2, 0.25) is 0 Å².